The van der Waals surface area contributed by atoms with Gasteiger partial charge in [-0.3, -0.25) is 4.79 Å². The molecule has 0 saturated carbocycles. The lowest BCUT2D eigenvalue weighted by atomic mass is 9.77. The molecule has 0 spiro atoms. The van der Waals surface area contributed by atoms with Gasteiger partial charge < -0.3 is 48.3 Å². The molecule has 48 heavy (non-hydrogen) atoms. The third-order valence-corrected chi connectivity index (χ3v) is 12.1. The lowest BCUT2D eigenvalue weighted by Crippen LogP contribution is -2.60. The number of nitrogens with zero attached hydrogens (tertiary/aromatic N) is 1. The van der Waals surface area contributed by atoms with Gasteiger partial charge in [-0.25, -0.2) is 0 Å². The van der Waals surface area contributed by atoms with Crippen LogP contribution >= 0.6 is 0 Å². The van der Waals surface area contributed by atoms with Crippen LogP contribution in [0.1, 0.15) is 101 Å². The smallest absolute Gasteiger partial charge is 0.311 e. The molecule has 4 aliphatic heterocycles. The van der Waals surface area contributed by atoms with E-state index in [4.69, 9.17) is 33.2 Å². The number of hydrogen-bond donors (Lipinski definition) is 2. The Morgan fingerprint density at radius 2 is 1.58 bits per heavy atom. The first-order valence-electron chi connectivity index (χ1n) is 18.4. The van der Waals surface area contributed by atoms with Crippen LogP contribution in [0.4, 0.5) is 0 Å². The predicted molar refractivity (Wildman–Crippen MR) is 181 cm³/mol. The number of carbonyl (C=O) groups is 1. The molecule has 11 nitrogen and oxygen atoms in total. The fourth-order valence-corrected chi connectivity index (χ4v) is 9.22. The second kappa shape index (κ2) is 15.8. The maximum atomic E-state index is 14.1. The van der Waals surface area contributed by atoms with E-state index in [1.807, 2.05) is 46.7 Å². The number of cyclic esters (lactones) is 1. The SMILES string of the molecule is CC[C@H]1OC(=O)[C@H](C)[C@@H](OC2C[C@@](C)(OC)[C@@H](O)[C@H](C)O2)[C@H](C)[C@@H](O[C@@H]2O[C@H](C)C[C@H](N(C)C)[C@H]2O)[C@@]2(C)C[C@@H](C)[C@H](O2)[C@H](C)C[C@H]1C. The van der Waals surface area contributed by atoms with Crippen LogP contribution in [0.25, 0.3) is 0 Å². The van der Waals surface area contributed by atoms with Gasteiger partial charge in [0.15, 0.2) is 12.6 Å². The summed E-state index contributed by atoms with van der Waals surface area (Å²) in [7, 11) is 5.48. The van der Waals surface area contributed by atoms with E-state index in [1.165, 1.54) is 0 Å². The van der Waals surface area contributed by atoms with Crippen LogP contribution in [0.3, 0.4) is 0 Å². The first kappa shape index (κ1) is 39.9. The summed E-state index contributed by atoms with van der Waals surface area (Å²) in [5.41, 5.74) is -1.69. The lowest BCUT2D eigenvalue weighted by molar-refractivity contribution is -0.318. The van der Waals surface area contributed by atoms with Crippen molar-refractivity contribution in [3.05, 3.63) is 0 Å². The van der Waals surface area contributed by atoms with E-state index in [0.29, 0.717) is 12.8 Å². The normalized spacial score (nSPS) is 51.1. The van der Waals surface area contributed by atoms with Gasteiger partial charge in [-0.1, -0.05) is 34.6 Å². The third-order valence-electron chi connectivity index (χ3n) is 12.1. The van der Waals surface area contributed by atoms with E-state index < -0.39 is 66.1 Å². The number of aliphatic hydroxyl groups is 2. The Morgan fingerprint density at radius 3 is 2.19 bits per heavy atom. The van der Waals surface area contributed by atoms with Gasteiger partial charge >= 0.3 is 5.97 Å². The van der Waals surface area contributed by atoms with Crippen molar-refractivity contribution >= 4 is 5.97 Å². The Labute approximate surface area is 289 Å². The molecule has 0 aromatic carbocycles. The summed E-state index contributed by atoms with van der Waals surface area (Å²) in [5.74, 6) is -0.883. The summed E-state index contributed by atoms with van der Waals surface area (Å²) >= 11 is 0. The van der Waals surface area contributed by atoms with Crippen LogP contribution in [0, 0.1) is 29.6 Å². The molecule has 4 fully saturated rings. The molecule has 280 valence electrons. The second-order valence-corrected chi connectivity index (χ2v) is 16.5. The zero-order valence-corrected chi connectivity index (χ0v) is 31.9. The standard InChI is InChI=1S/C37H67NO10/c1-14-27-19(2)15-20(3)30-21(4)17-37(10,48-30)33(47-35-29(39)26(38(11)12)16-22(5)43-35)23(6)31(24(7)34(41)45-27)46-28-18-36(9,42-13)32(40)25(8)44-28/h19-33,35,39-40H,14-18H2,1-13H3/t19-,20-,21-,22-,23+,24-,25+,26+,27-,28?,29-,30-,31+,32+,33-,35+,36-,37-/m1/s1. The summed E-state index contributed by atoms with van der Waals surface area (Å²) < 4.78 is 45.5. The van der Waals surface area contributed by atoms with Crippen LogP contribution in [-0.4, -0.2) is 121 Å². The Hall–Kier alpha value is -0.890. The zero-order chi connectivity index (χ0) is 35.9. The van der Waals surface area contributed by atoms with Gasteiger partial charge in [0.05, 0.1) is 47.6 Å². The topological polar surface area (TPSA) is 125 Å². The monoisotopic (exact) mass is 685 g/mol. The molecule has 11 heteroatoms. The van der Waals surface area contributed by atoms with Gasteiger partial charge in [-0.2, -0.15) is 0 Å². The predicted octanol–water partition coefficient (Wildman–Crippen LogP) is 4.54. The van der Waals surface area contributed by atoms with Crippen LogP contribution in [0.5, 0.6) is 0 Å². The number of esters is 1. The number of hydrogen-bond acceptors (Lipinski definition) is 11. The van der Waals surface area contributed by atoms with E-state index in [0.717, 1.165) is 12.8 Å². The molecule has 4 saturated heterocycles. The van der Waals surface area contributed by atoms with Gasteiger partial charge in [-0.15, -0.1) is 0 Å². The molecule has 1 unspecified atom stereocenters. The highest BCUT2D eigenvalue weighted by atomic mass is 16.7. The van der Waals surface area contributed by atoms with Crippen molar-refractivity contribution in [1.82, 2.24) is 4.90 Å². The van der Waals surface area contributed by atoms with Crippen molar-refractivity contribution in [1.29, 1.82) is 0 Å². The highest BCUT2D eigenvalue weighted by molar-refractivity contribution is 5.73. The fourth-order valence-electron chi connectivity index (χ4n) is 9.22. The number of rotatable bonds is 7. The second-order valence-electron chi connectivity index (χ2n) is 16.5. The number of aliphatic hydroxyl groups excluding tert-OH is 2. The maximum Gasteiger partial charge on any atom is 0.311 e. The molecule has 4 aliphatic rings. The first-order chi connectivity index (χ1) is 22.3. The number of likely N-dealkylation sites (N-methyl/N-ethyl adjacent to an activating group) is 1. The Bertz CT molecular complexity index is 1060. The number of fused-ring (bicyclic) bond motifs is 2. The Balaban J connectivity index is 1.79. The molecule has 4 rings (SSSR count). The minimum Gasteiger partial charge on any atom is -0.462 e. The molecule has 0 radical (unpaired) electrons. The summed E-state index contributed by atoms with van der Waals surface area (Å²) in [6, 6.07) is -0.156. The van der Waals surface area contributed by atoms with E-state index in [9.17, 15) is 15.0 Å². The van der Waals surface area contributed by atoms with Gasteiger partial charge in [0.2, 0.25) is 0 Å². The van der Waals surface area contributed by atoms with Crippen molar-refractivity contribution < 1.29 is 48.2 Å². The maximum absolute atomic E-state index is 14.1. The fraction of sp³-hybridized carbons (Fsp3) is 0.973. The first-order valence-corrected chi connectivity index (χ1v) is 18.4. The van der Waals surface area contributed by atoms with Crippen LogP contribution in [-0.2, 0) is 38.0 Å². The Kier molecular flexibility index (Phi) is 13.1. The molecule has 2 bridgehead atoms. The minimum absolute atomic E-state index is 0.0291. The average Bonchev–Trinajstić information content (AvgIpc) is 3.34. The molecule has 2 N–H and O–H groups in total. The van der Waals surface area contributed by atoms with Crippen molar-refractivity contribution in [2.75, 3.05) is 21.2 Å². The van der Waals surface area contributed by atoms with E-state index in [2.05, 4.69) is 34.6 Å². The number of carbonyl (C=O) groups excluding carboxylic acids is 1. The molecular formula is C37H67NO10. The zero-order valence-electron chi connectivity index (χ0n) is 31.9. The van der Waals surface area contributed by atoms with Crippen LogP contribution in [0.2, 0.25) is 0 Å². The van der Waals surface area contributed by atoms with Crippen LogP contribution < -0.4 is 0 Å². The minimum atomic E-state index is -0.915. The van der Waals surface area contributed by atoms with Crippen molar-refractivity contribution in [2.24, 2.45) is 29.6 Å². The van der Waals surface area contributed by atoms with Gasteiger partial charge in [0.25, 0.3) is 0 Å². The molecule has 18 atom stereocenters. The summed E-state index contributed by atoms with van der Waals surface area (Å²) in [4.78, 5) is 16.1. The molecule has 0 aromatic heterocycles. The average molecular weight is 686 g/mol. The Morgan fingerprint density at radius 1 is 0.917 bits per heavy atom. The number of methoxy groups -OCH3 is 1. The van der Waals surface area contributed by atoms with Crippen molar-refractivity contribution in [3.8, 4) is 0 Å². The molecule has 0 amide bonds. The van der Waals surface area contributed by atoms with Gasteiger partial charge in [0.1, 0.15) is 18.3 Å². The van der Waals surface area contributed by atoms with E-state index >= 15 is 0 Å². The highest BCUT2D eigenvalue weighted by Crippen LogP contribution is 2.47. The quantitative estimate of drug-likeness (QED) is 0.367. The van der Waals surface area contributed by atoms with Gasteiger partial charge in [0, 0.05) is 25.5 Å². The highest BCUT2D eigenvalue weighted by Gasteiger charge is 2.56. The summed E-state index contributed by atoms with van der Waals surface area (Å²) in [5, 5.41) is 22.5. The molecule has 0 aliphatic carbocycles. The van der Waals surface area contributed by atoms with Gasteiger partial charge in [-0.05, 0) is 92.2 Å². The molecule has 4 heterocycles. The summed E-state index contributed by atoms with van der Waals surface area (Å²) in [6.45, 7) is 20.3. The van der Waals surface area contributed by atoms with Crippen molar-refractivity contribution in [3.63, 3.8) is 0 Å². The third kappa shape index (κ3) is 8.26. The largest absolute Gasteiger partial charge is 0.462 e. The van der Waals surface area contributed by atoms with E-state index in [-0.39, 0.29) is 54.5 Å². The molecular weight excluding hydrogens is 618 g/mol. The van der Waals surface area contributed by atoms with Crippen molar-refractivity contribution in [2.45, 2.75) is 180 Å². The number of ether oxygens (including phenoxy) is 7. The lowest BCUT2D eigenvalue weighted by Gasteiger charge is -2.48. The summed E-state index contributed by atoms with van der Waals surface area (Å²) in [6.07, 6.45) is -2.57. The molecule has 0 aromatic rings. The van der Waals surface area contributed by atoms with Crippen LogP contribution in [0.15, 0.2) is 0 Å². The van der Waals surface area contributed by atoms with E-state index in [1.54, 1.807) is 14.0 Å².